The number of nitrogens with one attached hydrogen (secondary N) is 2. The normalized spacial score (nSPS) is 12.9. The molecule has 0 bridgehead atoms. The lowest BCUT2D eigenvalue weighted by molar-refractivity contribution is -0.119. The monoisotopic (exact) mass is 459 g/mol. The van der Waals surface area contributed by atoms with Crippen LogP contribution in [0.5, 0.6) is 5.75 Å². The molecule has 8 nitrogen and oxygen atoms in total. The quantitative estimate of drug-likeness (QED) is 0.714. The highest BCUT2D eigenvalue weighted by Crippen LogP contribution is 2.32. The fourth-order valence-corrected chi connectivity index (χ4v) is 3.27. The lowest BCUT2D eigenvalue weighted by Crippen LogP contribution is -2.36. The zero-order valence-electron chi connectivity index (χ0n) is 21.5. The van der Waals surface area contributed by atoms with E-state index in [1.54, 1.807) is 7.11 Å². The molecule has 2 aromatic rings. The molecule has 3 rings (SSSR count). The van der Waals surface area contributed by atoms with Gasteiger partial charge in [0.2, 0.25) is 5.91 Å². The van der Waals surface area contributed by atoms with E-state index in [4.69, 9.17) is 4.74 Å². The van der Waals surface area contributed by atoms with E-state index in [0.29, 0.717) is 23.8 Å². The van der Waals surface area contributed by atoms with Crippen LogP contribution >= 0.6 is 0 Å². The number of likely N-dealkylation sites (N-methyl/N-ethyl adjacent to an activating group) is 1. The molecule has 0 atom stereocenters. The Labute approximate surface area is 198 Å². The van der Waals surface area contributed by atoms with Gasteiger partial charge in [0.1, 0.15) is 11.6 Å². The van der Waals surface area contributed by atoms with Crippen LogP contribution in [0.1, 0.15) is 57.2 Å². The summed E-state index contributed by atoms with van der Waals surface area (Å²) in [5.74, 6) is 1.65. The summed E-state index contributed by atoms with van der Waals surface area (Å²) in [5, 5.41) is 5.15. The minimum absolute atomic E-state index is 0.0819. The van der Waals surface area contributed by atoms with Crippen LogP contribution in [-0.4, -0.2) is 60.6 Å². The summed E-state index contributed by atoms with van der Waals surface area (Å²) in [7, 11) is 5.18. The number of benzene rings is 1. The van der Waals surface area contributed by atoms with Crippen molar-refractivity contribution in [3.63, 3.8) is 0 Å². The number of carbonyl (C=O) groups excluding carboxylic acids is 2. The van der Waals surface area contributed by atoms with Crippen LogP contribution in [0.25, 0.3) is 11.4 Å². The minimum Gasteiger partial charge on any atom is -0.496 e. The highest BCUT2D eigenvalue weighted by Gasteiger charge is 2.27. The number of rotatable bonds is 5. The number of para-hydroxylation sites is 1. The van der Waals surface area contributed by atoms with Crippen molar-refractivity contribution in [3.8, 4) is 17.1 Å². The molecule has 0 radical (unpaired) electrons. The summed E-state index contributed by atoms with van der Waals surface area (Å²) < 4.78 is 7.58. The predicted molar refractivity (Wildman–Crippen MR) is 133 cm³/mol. The molecule has 1 aliphatic rings. The molecule has 2 amide bonds. The number of fused-ring (bicyclic) bond motifs is 1. The van der Waals surface area contributed by atoms with Crippen LogP contribution in [-0.2, 0) is 17.9 Å². The maximum atomic E-state index is 12.7. The van der Waals surface area contributed by atoms with Gasteiger partial charge in [-0.15, -0.1) is 0 Å². The number of amides is 2. The summed E-state index contributed by atoms with van der Waals surface area (Å²) in [6.45, 7) is 12.7. The fraction of sp³-hybridized carbons (Fsp3) is 0.560. The Balaban J connectivity index is 0.000000820. The van der Waals surface area contributed by atoms with E-state index in [1.807, 2.05) is 45.2 Å². The van der Waals surface area contributed by atoms with E-state index in [9.17, 15) is 9.59 Å². The second-order valence-electron chi connectivity index (χ2n) is 8.26. The zero-order chi connectivity index (χ0) is 25.0. The minimum atomic E-state index is -0.348. The molecule has 0 saturated heterocycles. The van der Waals surface area contributed by atoms with E-state index in [2.05, 4.69) is 45.9 Å². The smallest absolute Gasteiger partial charge is 0.272 e. The first kappa shape index (κ1) is 28.2. The van der Waals surface area contributed by atoms with Crippen LogP contribution in [0.3, 0.4) is 0 Å². The van der Waals surface area contributed by atoms with Gasteiger partial charge in [0.15, 0.2) is 5.69 Å². The third-order valence-corrected chi connectivity index (χ3v) is 4.67. The molecule has 1 aromatic heterocycles. The molecule has 2 N–H and O–H groups in total. The standard InChI is InChI=1S/C19H25N5O3.C4H10.C2H6/c1-20-16(25)11-21-19(26)17-14-12-23(2)9-6-10-24(14)18(22-17)13-7-4-5-8-15(13)27-3;1-4(2)3;1-2/h4-5,7-8H,6,9-12H2,1-3H3,(H,20,25)(H,21,26);4H,1-3H3;1-2H3. The summed E-state index contributed by atoms with van der Waals surface area (Å²) in [6, 6.07) is 7.65. The molecule has 0 aliphatic carbocycles. The van der Waals surface area contributed by atoms with E-state index < -0.39 is 0 Å². The van der Waals surface area contributed by atoms with Gasteiger partial charge in [0.25, 0.3) is 5.91 Å². The first-order valence-corrected chi connectivity index (χ1v) is 11.7. The summed E-state index contributed by atoms with van der Waals surface area (Å²) in [4.78, 5) is 31.0. The van der Waals surface area contributed by atoms with Crippen molar-refractivity contribution >= 4 is 11.8 Å². The Bertz CT molecular complexity index is 889. The van der Waals surface area contributed by atoms with Gasteiger partial charge in [-0.05, 0) is 38.1 Å². The van der Waals surface area contributed by atoms with Crippen LogP contribution in [0, 0.1) is 5.92 Å². The zero-order valence-corrected chi connectivity index (χ0v) is 21.5. The predicted octanol–water partition coefficient (Wildman–Crippen LogP) is 3.56. The van der Waals surface area contributed by atoms with Gasteiger partial charge in [0.05, 0.1) is 24.9 Å². The van der Waals surface area contributed by atoms with Crippen molar-refractivity contribution < 1.29 is 14.3 Å². The number of methoxy groups -OCH3 is 1. The second-order valence-corrected chi connectivity index (χ2v) is 8.26. The molecule has 0 saturated carbocycles. The summed E-state index contributed by atoms with van der Waals surface area (Å²) in [6.07, 6.45) is 0.960. The van der Waals surface area contributed by atoms with E-state index in [1.165, 1.54) is 7.05 Å². The Hall–Kier alpha value is -2.87. The third kappa shape index (κ3) is 8.20. The molecule has 0 unspecified atom stereocenters. The first-order chi connectivity index (χ1) is 15.8. The van der Waals surface area contributed by atoms with Crippen molar-refractivity contribution in [2.75, 3.05) is 34.3 Å². The number of nitrogens with zero attached hydrogens (tertiary/aromatic N) is 3. The Morgan fingerprint density at radius 1 is 1.15 bits per heavy atom. The lowest BCUT2D eigenvalue weighted by atomic mass is 10.2. The SMILES string of the molecule is CC.CC(C)C.CNC(=O)CNC(=O)c1nc(-c2ccccc2OC)n2c1CN(C)CCC2. The number of imidazole rings is 1. The number of ether oxygens (including phenoxy) is 1. The average molecular weight is 460 g/mol. The summed E-state index contributed by atoms with van der Waals surface area (Å²) in [5.41, 5.74) is 2.05. The van der Waals surface area contributed by atoms with Crippen molar-refractivity contribution in [3.05, 3.63) is 35.7 Å². The lowest BCUT2D eigenvalue weighted by Gasteiger charge is -2.13. The Morgan fingerprint density at radius 2 is 1.79 bits per heavy atom. The molecule has 0 spiro atoms. The first-order valence-electron chi connectivity index (χ1n) is 11.7. The van der Waals surface area contributed by atoms with Crippen molar-refractivity contribution in [1.29, 1.82) is 0 Å². The van der Waals surface area contributed by atoms with Gasteiger partial charge in [-0.2, -0.15) is 0 Å². The Morgan fingerprint density at radius 3 is 2.39 bits per heavy atom. The topological polar surface area (TPSA) is 88.5 Å². The maximum absolute atomic E-state index is 12.7. The van der Waals surface area contributed by atoms with Crippen LogP contribution in [0.4, 0.5) is 0 Å². The number of aromatic nitrogens is 2. The van der Waals surface area contributed by atoms with Crippen LogP contribution in [0.15, 0.2) is 24.3 Å². The molecular weight excluding hydrogens is 418 g/mol. The second kappa shape index (κ2) is 14.3. The van der Waals surface area contributed by atoms with Gasteiger partial charge in [-0.1, -0.05) is 46.8 Å². The highest BCUT2D eigenvalue weighted by molar-refractivity contribution is 5.96. The van der Waals surface area contributed by atoms with E-state index in [0.717, 1.165) is 36.7 Å². The number of hydrogen-bond donors (Lipinski definition) is 2. The van der Waals surface area contributed by atoms with Gasteiger partial charge in [0, 0.05) is 20.1 Å². The summed E-state index contributed by atoms with van der Waals surface area (Å²) >= 11 is 0. The van der Waals surface area contributed by atoms with E-state index >= 15 is 0 Å². The van der Waals surface area contributed by atoms with Gasteiger partial charge in [-0.3, -0.25) is 9.59 Å². The van der Waals surface area contributed by atoms with Gasteiger partial charge in [-0.25, -0.2) is 4.98 Å². The number of carbonyl (C=O) groups is 2. The van der Waals surface area contributed by atoms with Crippen LogP contribution < -0.4 is 15.4 Å². The van der Waals surface area contributed by atoms with Gasteiger partial charge >= 0.3 is 0 Å². The third-order valence-electron chi connectivity index (χ3n) is 4.67. The largest absolute Gasteiger partial charge is 0.496 e. The van der Waals surface area contributed by atoms with E-state index in [-0.39, 0.29) is 18.4 Å². The van der Waals surface area contributed by atoms with Crippen LogP contribution in [0.2, 0.25) is 0 Å². The molecular formula is C25H41N5O3. The molecule has 0 fully saturated rings. The fourth-order valence-electron chi connectivity index (χ4n) is 3.27. The Kier molecular flexibility index (Phi) is 12.2. The molecule has 33 heavy (non-hydrogen) atoms. The molecule has 1 aliphatic heterocycles. The van der Waals surface area contributed by atoms with Crippen molar-refractivity contribution in [2.45, 2.75) is 54.1 Å². The maximum Gasteiger partial charge on any atom is 0.272 e. The molecule has 8 heteroatoms. The molecule has 184 valence electrons. The molecule has 1 aromatic carbocycles. The average Bonchev–Trinajstić information content (AvgIpc) is 3.04. The molecule has 2 heterocycles. The van der Waals surface area contributed by atoms with Gasteiger partial charge < -0.3 is 24.8 Å². The number of hydrogen-bond acceptors (Lipinski definition) is 5. The highest BCUT2D eigenvalue weighted by atomic mass is 16.5. The van der Waals surface area contributed by atoms with Crippen molar-refractivity contribution in [2.24, 2.45) is 5.92 Å². The van der Waals surface area contributed by atoms with Crippen molar-refractivity contribution in [1.82, 2.24) is 25.1 Å².